The standard InChI is InChI=1S/C17H22ClN3/c1-6-21(13-9-7-8-12(2)10-13)15-11-14(18)19-16(20-15)17(3,4)5/h7-11H,6H2,1-5H3. The summed E-state index contributed by atoms with van der Waals surface area (Å²) < 4.78 is 0. The molecule has 0 atom stereocenters. The van der Waals surface area contributed by atoms with Crippen LogP contribution in [0.5, 0.6) is 0 Å². The molecule has 112 valence electrons. The summed E-state index contributed by atoms with van der Waals surface area (Å²) in [6, 6.07) is 10.2. The van der Waals surface area contributed by atoms with Crippen molar-refractivity contribution in [1.82, 2.24) is 9.97 Å². The zero-order valence-corrected chi connectivity index (χ0v) is 14.1. The molecule has 3 nitrogen and oxygen atoms in total. The molecule has 4 heteroatoms. The van der Waals surface area contributed by atoms with Gasteiger partial charge in [-0.3, -0.25) is 0 Å². The monoisotopic (exact) mass is 303 g/mol. The van der Waals surface area contributed by atoms with Gasteiger partial charge in [-0.25, -0.2) is 9.97 Å². The van der Waals surface area contributed by atoms with E-state index in [0.29, 0.717) is 5.15 Å². The number of rotatable bonds is 3. The first-order valence-electron chi connectivity index (χ1n) is 7.20. The van der Waals surface area contributed by atoms with Gasteiger partial charge in [0.2, 0.25) is 0 Å². The molecule has 0 saturated carbocycles. The lowest BCUT2D eigenvalue weighted by Crippen LogP contribution is -2.22. The van der Waals surface area contributed by atoms with E-state index in [4.69, 9.17) is 16.6 Å². The maximum atomic E-state index is 6.20. The molecule has 0 amide bonds. The van der Waals surface area contributed by atoms with Gasteiger partial charge in [-0.15, -0.1) is 0 Å². The number of aromatic nitrogens is 2. The van der Waals surface area contributed by atoms with Gasteiger partial charge in [0, 0.05) is 23.7 Å². The fraction of sp³-hybridized carbons (Fsp3) is 0.412. The molecule has 0 bridgehead atoms. The van der Waals surface area contributed by atoms with Gasteiger partial charge in [-0.1, -0.05) is 44.5 Å². The highest BCUT2D eigenvalue weighted by Crippen LogP contribution is 2.28. The van der Waals surface area contributed by atoms with E-state index < -0.39 is 0 Å². The topological polar surface area (TPSA) is 29.0 Å². The molecule has 0 unspecified atom stereocenters. The van der Waals surface area contributed by atoms with Gasteiger partial charge in [0.05, 0.1) is 0 Å². The molecule has 0 aliphatic carbocycles. The smallest absolute Gasteiger partial charge is 0.138 e. The Morgan fingerprint density at radius 3 is 2.43 bits per heavy atom. The highest BCUT2D eigenvalue weighted by molar-refractivity contribution is 6.29. The van der Waals surface area contributed by atoms with Crippen LogP contribution in [0, 0.1) is 6.92 Å². The summed E-state index contributed by atoms with van der Waals surface area (Å²) in [5.41, 5.74) is 2.21. The predicted molar refractivity (Wildman–Crippen MR) is 89.6 cm³/mol. The molecule has 0 N–H and O–H groups in total. The molecule has 0 radical (unpaired) electrons. The largest absolute Gasteiger partial charge is 0.327 e. The van der Waals surface area contributed by atoms with Crippen LogP contribution in [0.3, 0.4) is 0 Å². The summed E-state index contributed by atoms with van der Waals surface area (Å²) in [7, 11) is 0. The summed E-state index contributed by atoms with van der Waals surface area (Å²) in [5.74, 6) is 1.60. The van der Waals surface area contributed by atoms with E-state index in [1.807, 2.05) is 6.07 Å². The second-order valence-corrected chi connectivity index (χ2v) is 6.59. The van der Waals surface area contributed by atoms with Crippen LogP contribution >= 0.6 is 11.6 Å². The van der Waals surface area contributed by atoms with Gasteiger partial charge >= 0.3 is 0 Å². The van der Waals surface area contributed by atoms with E-state index in [9.17, 15) is 0 Å². The van der Waals surface area contributed by atoms with Gasteiger partial charge in [0.15, 0.2) is 0 Å². The number of aryl methyl sites for hydroxylation is 1. The Hall–Kier alpha value is -1.61. The predicted octanol–water partition coefficient (Wildman–Crippen LogP) is 4.89. The van der Waals surface area contributed by atoms with Crippen LogP contribution in [0.2, 0.25) is 5.15 Å². The first-order valence-corrected chi connectivity index (χ1v) is 7.58. The van der Waals surface area contributed by atoms with E-state index in [2.05, 4.69) is 68.8 Å². The fourth-order valence-corrected chi connectivity index (χ4v) is 2.33. The average molecular weight is 304 g/mol. The van der Waals surface area contributed by atoms with Crippen molar-refractivity contribution in [3.05, 3.63) is 46.9 Å². The highest BCUT2D eigenvalue weighted by Gasteiger charge is 2.20. The SMILES string of the molecule is CCN(c1cccc(C)c1)c1cc(Cl)nc(C(C)(C)C)n1. The van der Waals surface area contributed by atoms with Gasteiger partial charge in [-0.05, 0) is 31.5 Å². The Morgan fingerprint density at radius 2 is 1.86 bits per heavy atom. The van der Waals surface area contributed by atoms with Crippen molar-refractivity contribution in [3.63, 3.8) is 0 Å². The third-order valence-corrected chi connectivity index (χ3v) is 3.45. The lowest BCUT2D eigenvalue weighted by Gasteiger charge is -2.25. The third kappa shape index (κ3) is 3.73. The molecule has 2 rings (SSSR count). The molecule has 2 aromatic rings. The lowest BCUT2D eigenvalue weighted by molar-refractivity contribution is 0.545. The molecule has 0 fully saturated rings. The van der Waals surface area contributed by atoms with Crippen molar-refractivity contribution in [3.8, 4) is 0 Å². The van der Waals surface area contributed by atoms with Gasteiger partial charge in [0.1, 0.15) is 16.8 Å². The van der Waals surface area contributed by atoms with Crippen molar-refractivity contribution in [2.24, 2.45) is 0 Å². The van der Waals surface area contributed by atoms with Crippen molar-refractivity contribution in [2.75, 3.05) is 11.4 Å². The molecule has 1 aromatic heterocycles. The van der Waals surface area contributed by atoms with E-state index in [-0.39, 0.29) is 5.41 Å². The van der Waals surface area contributed by atoms with Crippen LogP contribution in [0.25, 0.3) is 0 Å². The molecule has 0 spiro atoms. The van der Waals surface area contributed by atoms with Crippen LogP contribution in [-0.2, 0) is 5.41 Å². The van der Waals surface area contributed by atoms with E-state index >= 15 is 0 Å². The van der Waals surface area contributed by atoms with Crippen molar-refractivity contribution < 1.29 is 0 Å². The molecule has 0 saturated heterocycles. The maximum Gasteiger partial charge on any atom is 0.138 e. The van der Waals surface area contributed by atoms with Crippen LogP contribution in [0.15, 0.2) is 30.3 Å². The minimum atomic E-state index is -0.133. The number of hydrogen-bond donors (Lipinski definition) is 0. The Labute approximate surface area is 132 Å². The normalized spacial score (nSPS) is 11.5. The lowest BCUT2D eigenvalue weighted by atomic mass is 9.96. The average Bonchev–Trinajstić information content (AvgIpc) is 2.38. The molecule has 21 heavy (non-hydrogen) atoms. The number of nitrogens with zero attached hydrogens (tertiary/aromatic N) is 3. The van der Waals surface area contributed by atoms with Crippen LogP contribution in [-0.4, -0.2) is 16.5 Å². The Bertz CT molecular complexity index is 632. The summed E-state index contributed by atoms with van der Waals surface area (Å²) in [6.07, 6.45) is 0. The minimum absolute atomic E-state index is 0.133. The van der Waals surface area contributed by atoms with Crippen LogP contribution < -0.4 is 4.90 Å². The Kier molecular flexibility index (Phi) is 4.52. The zero-order valence-electron chi connectivity index (χ0n) is 13.3. The van der Waals surface area contributed by atoms with Crippen LogP contribution in [0.1, 0.15) is 39.1 Å². The number of halogens is 1. The van der Waals surface area contributed by atoms with Gasteiger partial charge in [0.25, 0.3) is 0 Å². The summed E-state index contributed by atoms with van der Waals surface area (Å²) in [6.45, 7) is 11.3. The molecule has 0 aliphatic rings. The Morgan fingerprint density at radius 1 is 1.14 bits per heavy atom. The first kappa shape index (κ1) is 15.8. The first-order chi connectivity index (χ1) is 9.81. The second-order valence-electron chi connectivity index (χ2n) is 6.21. The number of hydrogen-bond acceptors (Lipinski definition) is 3. The zero-order chi connectivity index (χ0) is 15.6. The Balaban J connectivity index is 2.50. The summed E-state index contributed by atoms with van der Waals surface area (Å²) >= 11 is 6.20. The fourth-order valence-electron chi connectivity index (χ4n) is 2.15. The number of anilines is 2. The molecule has 0 aliphatic heterocycles. The molecular weight excluding hydrogens is 282 g/mol. The van der Waals surface area contributed by atoms with E-state index in [0.717, 1.165) is 23.9 Å². The third-order valence-electron chi connectivity index (χ3n) is 3.26. The highest BCUT2D eigenvalue weighted by atomic mass is 35.5. The van der Waals surface area contributed by atoms with Gasteiger partial charge in [-0.2, -0.15) is 0 Å². The quantitative estimate of drug-likeness (QED) is 0.756. The minimum Gasteiger partial charge on any atom is -0.327 e. The maximum absolute atomic E-state index is 6.20. The van der Waals surface area contributed by atoms with Crippen molar-refractivity contribution >= 4 is 23.1 Å². The number of benzene rings is 1. The van der Waals surface area contributed by atoms with Gasteiger partial charge < -0.3 is 4.90 Å². The molecule has 1 aromatic carbocycles. The van der Waals surface area contributed by atoms with Crippen molar-refractivity contribution in [1.29, 1.82) is 0 Å². The van der Waals surface area contributed by atoms with Crippen LogP contribution in [0.4, 0.5) is 11.5 Å². The summed E-state index contributed by atoms with van der Waals surface area (Å²) in [4.78, 5) is 11.2. The van der Waals surface area contributed by atoms with E-state index in [1.54, 1.807) is 0 Å². The molecule has 1 heterocycles. The van der Waals surface area contributed by atoms with Crippen molar-refractivity contribution in [2.45, 2.75) is 40.0 Å². The van der Waals surface area contributed by atoms with E-state index in [1.165, 1.54) is 5.56 Å². The summed E-state index contributed by atoms with van der Waals surface area (Å²) in [5, 5.41) is 0.482. The molecular formula is C17H22ClN3. The second kappa shape index (κ2) is 6.02.